The van der Waals surface area contributed by atoms with Crippen LogP contribution in [-0.4, -0.2) is 0 Å². The molecule has 272 valence electrons. The number of nitrogens with zero attached hydrogens (tertiary/aromatic N) is 1. The first kappa shape index (κ1) is 34.5. The third-order valence-corrected chi connectivity index (χ3v) is 12.2. The normalized spacial score (nSPS) is 14.3. The van der Waals surface area contributed by atoms with E-state index in [1.165, 1.54) is 83.1 Å². The van der Waals surface area contributed by atoms with Crippen molar-refractivity contribution in [2.24, 2.45) is 0 Å². The first-order valence-corrected chi connectivity index (χ1v) is 19.9. The summed E-state index contributed by atoms with van der Waals surface area (Å²) in [6.45, 7) is 6.80. The molecule has 9 aromatic carbocycles. The van der Waals surface area contributed by atoms with Gasteiger partial charge in [0.05, 0.1) is 5.69 Å². The molecule has 0 fully saturated rings. The number of aryl methyl sites for hydroxylation is 2. The number of hydrogen-bond acceptors (Lipinski definition) is 1. The lowest BCUT2D eigenvalue weighted by Gasteiger charge is -2.32. The minimum Gasteiger partial charge on any atom is -0.310 e. The van der Waals surface area contributed by atoms with E-state index in [-0.39, 0.29) is 5.41 Å². The minimum atomic E-state index is -0.307. The van der Waals surface area contributed by atoms with Crippen LogP contribution in [0.1, 0.15) is 34.7 Å². The summed E-state index contributed by atoms with van der Waals surface area (Å²) < 4.78 is 0. The van der Waals surface area contributed by atoms with Gasteiger partial charge in [0, 0.05) is 22.4 Å². The van der Waals surface area contributed by atoms with E-state index in [0.29, 0.717) is 0 Å². The third kappa shape index (κ3) is 5.78. The third-order valence-electron chi connectivity index (χ3n) is 12.2. The van der Waals surface area contributed by atoms with Gasteiger partial charge in [-0.1, -0.05) is 181 Å². The standard InChI is InChI=1S/C56H43N/c1-38-26-27-39(2)52(36-38)51-23-13-15-25-55(51)57(44-32-33-50-49-22-12-14-24-53(49)56(3,54(50)37-44)42-18-8-5-9-19-42)43-30-28-41(29-31-43)46-35-34-45(40-16-6-4-7-17-40)47-20-10-11-21-48(46)47/h4-37H,1-3H3. The second-order valence-electron chi connectivity index (χ2n) is 15.6. The second kappa shape index (κ2) is 14.0. The molecule has 57 heavy (non-hydrogen) atoms. The Morgan fingerprint density at radius 1 is 0.368 bits per heavy atom. The first-order chi connectivity index (χ1) is 28.0. The van der Waals surface area contributed by atoms with E-state index in [0.717, 1.165) is 17.1 Å². The molecule has 9 aromatic rings. The Morgan fingerprint density at radius 3 is 1.63 bits per heavy atom. The van der Waals surface area contributed by atoms with Gasteiger partial charge >= 0.3 is 0 Å². The zero-order valence-electron chi connectivity index (χ0n) is 32.6. The average Bonchev–Trinajstić information content (AvgIpc) is 3.53. The number of rotatable bonds is 7. The van der Waals surface area contributed by atoms with Crippen molar-refractivity contribution >= 4 is 27.8 Å². The highest BCUT2D eigenvalue weighted by molar-refractivity contribution is 6.05. The molecule has 1 aliphatic rings. The summed E-state index contributed by atoms with van der Waals surface area (Å²) in [6, 6.07) is 76.0. The average molecular weight is 730 g/mol. The summed E-state index contributed by atoms with van der Waals surface area (Å²) in [5, 5.41) is 2.51. The van der Waals surface area contributed by atoms with Crippen LogP contribution in [0.15, 0.2) is 206 Å². The van der Waals surface area contributed by atoms with Crippen molar-refractivity contribution in [2.45, 2.75) is 26.2 Å². The zero-order valence-corrected chi connectivity index (χ0v) is 32.6. The number of benzene rings is 9. The summed E-state index contributed by atoms with van der Waals surface area (Å²) in [5.41, 5.74) is 19.5. The van der Waals surface area contributed by atoms with Crippen molar-refractivity contribution in [3.63, 3.8) is 0 Å². The Labute approximate surface area is 336 Å². The summed E-state index contributed by atoms with van der Waals surface area (Å²) >= 11 is 0. The lowest BCUT2D eigenvalue weighted by atomic mass is 9.74. The maximum Gasteiger partial charge on any atom is 0.0540 e. The van der Waals surface area contributed by atoms with Crippen LogP contribution in [0.4, 0.5) is 17.1 Å². The van der Waals surface area contributed by atoms with Crippen molar-refractivity contribution in [3.8, 4) is 44.5 Å². The van der Waals surface area contributed by atoms with Crippen LogP contribution >= 0.6 is 0 Å². The van der Waals surface area contributed by atoms with Gasteiger partial charge in [-0.25, -0.2) is 0 Å². The Bertz CT molecular complexity index is 2920. The lowest BCUT2D eigenvalue weighted by Crippen LogP contribution is -2.22. The van der Waals surface area contributed by atoms with Crippen LogP contribution in [0, 0.1) is 13.8 Å². The molecule has 0 heterocycles. The Kier molecular flexibility index (Phi) is 8.46. The molecule has 0 radical (unpaired) electrons. The Hall–Kier alpha value is -6.96. The van der Waals surface area contributed by atoms with E-state index < -0.39 is 0 Å². The summed E-state index contributed by atoms with van der Waals surface area (Å²) in [4.78, 5) is 2.46. The maximum absolute atomic E-state index is 2.46. The molecule has 1 aliphatic carbocycles. The van der Waals surface area contributed by atoms with Gasteiger partial charge in [0.15, 0.2) is 0 Å². The highest BCUT2D eigenvalue weighted by atomic mass is 15.1. The van der Waals surface area contributed by atoms with E-state index in [4.69, 9.17) is 0 Å². The van der Waals surface area contributed by atoms with E-state index in [9.17, 15) is 0 Å². The quantitative estimate of drug-likeness (QED) is 0.158. The lowest BCUT2D eigenvalue weighted by molar-refractivity contribution is 0.714. The number of hydrogen-bond donors (Lipinski definition) is 0. The minimum absolute atomic E-state index is 0.307. The van der Waals surface area contributed by atoms with Crippen LogP contribution in [0.3, 0.4) is 0 Å². The van der Waals surface area contributed by atoms with Crippen molar-refractivity contribution in [1.29, 1.82) is 0 Å². The first-order valence-electron chi connectivity index (χ1n) is 19.9. The van der Waals surface area contributed by atoms with Crippen LogP contribution < -0.4 is 4.90 Å². The van der Waals surface area contributed by atoms with E-state index in [2.05, 4.69) is 232 Å². The molecule has 0 bridgehead atoms. The molecule has 0 aromatic heterocycles. The molecule has 0 saturated heterocycles. The monoisotopic (exact) mass is 729 g/mol. The van der Waals surface area contributed by atoms with Gasteiger partial charge in [-0.3, -0.25) is 0 Å². The van der Waals surface area contributed by atoms with E-state index in [1.807, 2.05) is 0 Å². The predicted octanol–water partition coefficient (Wildman–Crippen LogP) is 15.3. The van der Waals surface area contributed by atoms with Gasteiger partial charge < -0.3 is 4.90 Å². The van der Waals surface area contributed by atoms with Crippen LogP contribution in [0.5, 0.6) is 0 Å². The molecular formula is C56H43N. The number of fused-ring (bicyclic) bond motifs is 4. The topological polar surface area (TPSA) is 3.24 Å². The fourth-order valence-corrected chi connectivity index (χ4v) is 9.26. The van der Waals surface area contributed by atoms with Gasteiger partial charge in [-0.2, -0.15) is 0 Å². The molecule has 0 N–H and O–H groups in total. The number of para-hydroxylation sites is 1. The molecule has 0 amide bonds. The molecule has 1 heteroatoms. The Balaban J connectivity index is 1.16. The molecule has 0 saturated carbocycles. The molecule has 10 rings (SSSR count). The van der Waals surface area contributed by atoms with Crippen LogP contribution in [0.2, 0.25) is 0 Å². The van der Waals surface area contributed by atoms with Crippen molar-refractivity contribution in [2.75, 3.05) is 4.90 Å². The summed E-state index contributed by atoms with van der Waals surface area (Å²) in [6.07, 6.45) is 0. The highest BCUT2D eigenvalue weighted by Crippen LogP contribution is 2.54. The van der Waals surface area contributed by atoms with Crippen LogP contribution in [0.25, 0.3) is 55.3 Å². The molecule has 0 spiro atoms. The van der Waals surface area contributed by atoms with Crippen LogP contribution in [-0.2, 0) is 5.41 Å². The summed E-state index contributed by atoms with van der Waals surface area (Å²) in [5.74, 6) is 0. The van der Waals surface area contributed by atoms with Crippen molar-refractivity contribution in [1.82, 2.24) is 0 Å². The van der Waals surface area contributed by atoms with Gasteiger partial charge in [-0.05, 0) is 123 Å². The van der Waals surface area contributed by atoms with Gasteiger partial charge in [0.1, 0.15) is 0 Å². The van der Waals surface area contributed by atoms with Gasteiger partial charge in [0.2, 0.25) is 0 Å². The second-order valence-corrected chi connectivity index (χ2v) is 15.6. The molecule has 0 aliphatic heterocycles. The SMILES string of the molecule is Cc1ccc(C)c(-c2ccccc2N(c2ccc(-c3ccc(-c4ccccc4)c4ccccc34)cc2)c2ccc3c(c2)C(C)(c2ccccc2)c2ccccc2-3)c1. The fourth-order valence-electron chi connectivity index (χ4n) is 9.26. The van der Waals surface area contributed by atoms with Gasteiger partial charge in [-0.15, -0.1) is 0 Å². The van der Waals surface area contributed by atoms with E-state index >= 15 is 0 Å². The molecule has 1 nitrogen and oxygen atoms in total. The Morgan fingerprint density at radius 2 is 0.912 bits per heavy atom. The predicted molar refractivity (Wildman–Crippen MR) is 242 cm³/mol. The molecule has 1 unspecified atom stereocenters. The smallest absolute Gasteiger partial charge is 0.0540 e. The zero-order chi connectivity index (χ0) is 38.5. The highest BCUT2D eigenvalue weighted by Gasteiger charge is 2.41. The van der Waals surface area contributed by atoms with Gasteiger partial charge in [0.25, 0.3) is 0 Å². The molecular weight excluding hydrogens is 687 g/mol. The van der Waals surface area contributed by atoms with E-state index in [1.54, 1.807) is 0 Å². The van der Waals surface area contributed by atoms with Crippen molar-refractivity contribution in [3.05, 3.63) is 234 Å². The largest absolute Gasteiger partial charge is 0.310 e. The number of anilines is 3. The molecule has 1 atom stereocenters. The van der Waals surface area contributed by atoms with Crippen molar-refractivity contribution < 1.29 is 0 Å². The summed E-state index contributed by atoms with van der Waals surface area (Å²) in [7, 11) is 0. The fraction of sp³-hybridized carbons (Fsp3) is 0.0714. The maximum atomic E-state index is 2.46.